The van der Waals surface area contributed by atoms with Gasteiger partial charge in [-0.15, -0.1) is 11.3 Å². The summed E-state index contributed by atoms with van der Waals surface area (Å²) >= 11 is 7.24. The van der Waals surface area contributed by atoms with Gasteiger partial charge in [-0.3, -0.25) is 29.0 Å². The number of β-amino-alcohol motifs (C(OH)–C–C–N with tert-alkyl or cyclic N) is 1. The maximum Gasteiger partial charge on any atom is 0.417 e. The van der Waals surface area contributed by atoms with Crippen molar-refractivity contribution in [1.29, 1.82) is 5.26 Å². The van der Waals surface area contributed by atoms with E-state index in [-0.39, 0.29) is 48.0 Å². The number of aromatic nitrogens is 2. The number of halogens is 3. The van der Waals surface area contributed by atoms with E-state index in [2.05, 4.69) is 42.2 Å². The number of aryl methyl sites for hydroxylation is 1. The first kappa shape index (κ1) is 56.0. The number of piperazine rings is 1. The average molecular weight is 1090 g/mol. The van der Waals surface area contributed by atoms with Gasteiger partial charge in [0.2, 0.25) is 17.7 Å². The molecule has 77 heavy (non-hydrogen) atoms. The van der Waals surface area contributed by atoms with Crippen molar-refractivity contribution in [2.24, 2.45) is 5.41 Å². The van der Waals surface area contributed by atoms with Crippen molar-refractivity contribution >= 4 is 69.5 Å². The number of anilines is 3. The van der Waals surface area contributed by atoms with Crippen molar-refractivity contribution < 1.29 is 37.5 Å². The van der Waals surface area contributed by atoms with Crippen molar-refractivity contribution in [1.82, 2.24) is 30.4 Å². The average Bonchev–Trinajstić information content (AvgIpc) is 4.23. The minimum atomic E-state index is -4.80. The largest absolute Gasteiger partial charge is 0.417 e. The Morgan fingerprint density at radius 2 is 1.58 bits per heavy atom. The molecule has 3 aliphatic heterocycles. The minimum absolute atomic E-state index is 0.00207. The smallest absolute Gasteiger partial charge is 0.391 e. The summed E-state index contributed by atoms with van der Waals surface area (Å²) in [6.45, 7) is 16.4. The van der Waals surface area contributed by atoms with E-state index in [0.717, 1.165) is 70.7 Å². The van der Waals surface area contributed by atoms with E-state index >= 15 is 0 Å². The van der Waals surface area contributed by atoms with E-state index in [9.17, 15) is 42.7 Å². The van der Waals surface area contributed by atoms with E-state index in [1.165, 1.54) is 11.0 Å². The molecule has 3 N–H and O–H groups in total. The number of likely N-dealkylation sites (tertiary alicyclic amines) is 1. The van der Waals surface area contributed by atoms with E-state index in [0.29, 0.717) is 29.8 Å². The number of amides is 4. The van der Waals surface area contributed by atoms with E-state index < -0.39 is 58.3 Å². The molecule has 2 aromatic heterocycles. The third-order valence-electron chi connectivity index (χ3n) is 14.2. The van der Waals surface area contributed by atoms with Crippen molar-refractivity contribution in [3.05, 3.63) is 124 Å². The van der Waals surface area contributed by atoms with E-state index in [4.69, 9.17) is 12.2 Å². The summed E-state index contributed by atoms with van der Waals surface area (Å²) in [6.07, 6.45) is -3.08. The standard InChI is InChI=1S/C57H61F3N10O5S2/c1-35(39-15-17-40(18-16-39)49-36(2)63-34-77-49)64-51(73)46-30-44(71)33-68(46)52(74)50(55(3,4)5)65-48(72)9-8-24-66-25-27-67(28-26-66)47-23-14-38(32-62-47)11-10-37-12-20-42(21-13-37)70-54(76)69(53(75)56(70,6)7)43-22-19-41(31-61)45(29-43)57(58,59)60/h12-23,29,32,34-35,44,46,50,71H,8-9,24-28,30,33H2,1-7H3,(H,64,73)(H,65,72). The number of thiazole rings is 1. The number of thiocarbonyl (C=S) groups is 1. The molecule has 20 heteroatoms. The van der Waals surface area contributed by atoms with Gasteiger partial charge in [0.05, 0.1) is 51.1 Å². The highest BCUT2D eigenvalue weighted by Crippen LogP contribution is 2.40. The fraction of sp³-hybridized carbons (Fsp3) is 0.404. The molecular formula is C57H61F3N10O5S2. The third kappa shape index (κ3) is 12.5. The molecule has 3 fully saturated rings. The van der Waals surface area contributed by atoms with Crippen molar-refractivity contribution in [2.75, 3.05) is 54.0 Å². The summed E-state index contributed by atoms with van der Waals surface area (Å²) in [5, 5.41) is 26.0. The Labute approximate surface area is 456 Å². The van der Waals surface area contributed by atoms with Crippen molar-refractivity contribution in [3.63, 3.8) is 0 Å². The highest BCUT2D eigenvalue weighted by Gasteiger charge is 2.51. The molecule has 5 aromatic rings. The summed E-state index contributed by atoms with van der Waals surface area (Å²) in [7, 11) is 0. The Morgan fingerprint density at radius 3 is 2.19 bits per heavy atom. The maximum atomic E-state index is 14.2. The van der Waals surface area contributed by atoms with E-state index in [1.54, 1.807) is 66.6 Å². The molecule has 0 saturated carbocycles. The van der Waals surface area contributed by atoms with Crippen LogP contribution in [0.5, 0.6) is 0 Å². The molecule has 4 amide bonds. The number of nitrogens with one attached hydrogen (secondary N) is 2. The van der Waals surface area contributed by atoms with Crippen LogP contribution in [0.4, 0.5) is 30.4 Å². The second-order valence-electron chi connectivity index (χ2n) is 21.2. The van der Waals surface area contributed by atoms with Gasteiger partial charge in [0.15, 0.2) is 5.11 Å². The van der Waals surface area contributed by atoms with Gasteiger partial charge in [-0.2, -0.15) is 18.4 Å². The number of pyridine rings is 1. The monoisotopic (exact) mass is 1090 g/mol. The Bertz CT molecular complexity index is 3130. The second-order valence-corrected chi connectivity index (χ2v) is 22.4. The molecule has 0 bridgehead atoms. The number of nitrogens with zero attached hydrogens (tertiary/aromatic N) is 8. The zero-order chi connectivity index (χ0) is 55.6. The number of hydrogen-bond donors (Lipinski definition) is 3. The predicted octanol–water partition coefficient (Wildman–Crippen LogP) is 7.99. The Hall–Kier alpha value is -7.23. The molecule has 15 nitrogen and oxygen atoms in total. The molecular weight excluding hydrogens is 1030 g/mol. The van der Waals surface area contributed by atoms with Gasteiger partial charge in [-0.25, -0.2) is 9.97 Å². The molecule has 0 spiro atoms. The number of carbonyl (C=O) groups is 4. The minimum Gasteiger partial charge on any atom is -0.391 e. The molecule has 3 saturated heterocycles. The number of carbonyl (C=O) groups excluding carboxylic acids is 4. The zero-order valence-corrected chi connectivity index (χ0v) is 45.6. The molecule has 3 aromatic carbocycles. The van der Waals surface area contributed by atoms with Gasteiger partial charge in [0.25, 0.3) is 5.91 Å². The van der Waals surface area contributed by atoms with Crippen LogP contribution in [0.15, 0.2) is 90.6 Å². The Balaban J connectivity index is 0.791. The summed E-state index contributed by atoms with van der Waals surface area (Å²) in [5.41, 5.74) is 2.93. The molecule has 3 aliphatic rings. The Kier molecular flexibility index (Phi) is 16.6. The molecule has 0 aliphatic carbocycles. The highest BCUT2D eigenvalue weighted by atomic mass is 32.1. The number of nitriles is 1. The van der Waals surface area contributed by atoms with E-state index in [1.807, 2.05) is 76.5 Å². The van der Waals surface area contributed by atoms with Crippen molar-refractivity contribution in [2.45, 2.75) is 104 Å². The lowest BCUT2D eigenvalue weighted by Crippen LogP contribution is -2.57. The second kappa shape index (κ2) is 22.8. The van der Waals surface area contributed by atoms with Crippen LogP contribution in [0.3, 0.4) is 0 Å². The number of rotatable bonds is 13. The van der Waals surface area contributed by atoms with Crippen LogP contribution in [0.25, 0.3) is 10.4 Å². The lowest BCUT2D eigenvalue weighted by Gasteiger charge is -2.36. The highest BCUT2D eigenvalue weighted by molar-refractivity contribution is 7.81. The summed E-state index contributed by atoms with van der Waals surface area (Å²) in [4.78, 5) is 73.7. The van der Waals surface area contributed by atoms with Crippen LogP contribution in [0, 0.1) is 35.5 Å². The lowest BCUT2D eigenvalue weighted by molar-refractivity contribution is -0.144. The molecule has 5 heterocycles. The van der Waals surface area contributed by atoms with Crippen molar-refractivity contribution in [3.8, 4) is 28.4 Å². The number of benzene rings is 3. The van der Waals surface area contributed by atoms with Gasteiger partial charge in [-0.05, 0) is 124 Å². The lowest BCUT2D eigenvalue weighted by atomic mass is 9.85. The summed E-state index contributed by atoms with van der Waals surface area (Å²) in [6, 6.07) is 21.3. The molecule has 402 valence electrons. The number of aliphatic hydroxyl groups excluding tert-OH is 1. The molecule has 8 rings (SSSR count). The van der Waals surface area contributed by atoms with Gasteiger partial charge in [0, 0.05) is 68.6 Å². The summed E-state index contributed by atoms with van der Waals surface area (Å²) in [5.74, 6) is 5.54. The third-order valence-corrected chi connectivity index (χ3v) is 15.6. The fourth-order valence-electron chi connectivity index (χ4n) is 9.86. The Morgan fingerprint density at radius 1 is 0.922 bits per heavy atom. The first-order valence-corrected chi connectivity index (χ1v) is 26.7. The quantitative estimate of drug-likeness (QED) is 0.0766. The zero-order valence-electron chi connectivity index (χ0n) is 43.9. The van der Waals surface area contributed by atoms with Crippen LogP contribution in [-0.4, -0.2) is 117 Å². The van der Waals surface area contributed by atoms with Gasteiger partial charge in [0.1, 0.15) is 23.4 Å². The maximum absolute atomic E-state index is 14.2. The first-order valence-electron chi connectivity index (χ1n) is 25.4. The van der Waals surface area contributed by atoms with Crippen LogP contribution in [0.1, 0.15) is 100 Å². The molecule has 4 atom stereocenters. The van der Waals surface area contributed by atoms with Gasteiger partial charge >= 0.3 is 6.18 Å². The summed E-state index contributed by atoms with van der Waals surface area (Å²) < 4.78 is 41.4. The predicted molar refractivity (Wildman–Crippen MR) is 294 cm³/mol. The fourth-order valence-corrected chi connectivity index (χ4v) is 11.2. The number of hydrogen-bond acceptors (Lipinski definition) is 12. The van der Waals surface area contributed by atoms with Crippen LogP contribution in [-0.2, 0) is 25.4 Å². The van der Waals surface area contributed by atoms with Gasteiger partial charge < -0.3 is 30.4 Å². The number of aliphatic hydroxyl groups is 1. The topological polar surface area (TPSA) is 178 Å². The van der Waals surface area contributed by atoms with Crippen LogP contribution < -0.4 is 25.3 Å². The van der Waals surface area contributed by atoms with Gasteiger partial charge in [-0.1, -0.05) is 56.9 Å². The van der Waals surface area contributed by atoms with Crippen LogP contribution >= 0.6 is 23.6 Å². The SMILES string of the molecule is Cc1ncsc1-c1ccc(C(C)NC(=O)C2CC(O)CN2C(=O)C(NC(=O)CCCN2CCN(c3ccc(C#Cc4ccc(N5C(=S)N(c6ccc(C#N)c(C(F)(F)F)c6)C(=O)C5(C)C)cc4)cn3)CC2)C(C)(C)C)cc1. The number of alkyl halides is 3. The molecule has 4 unspecified atom stereocenters. The normalized spacial score (nSPS) is 18.6. The molecule has 0 radical (unpaired) electrons. The van der Waals surface area contributed by atoms with Crippen LogP contribution in [0.2, 0.25) is 0 Å². The first-order chi connectivity index (χ1) is 36.4.